The molecule has 1 aromatic carbocycles. The molecule has 1 N–H and O–H groups in total. The van der Waals surface area contributed by atoms with E-state index in [9.17, 15) is 4.79 Å². The van der Waals surface area contributed by atoms with Gasteiger partial charge in [0, 0.05) is 4.88 Å². The van der Waals surface area contributed by atoms with E-state index in [2.05, 4.69) is 10.5 Å². The topological polar surface area (TPSA) is 59.9 Å². The zero-order valence-electron chi connectivity index (χ0n) is 12.5. The summed E-state index contributed by atoms with van der Waals surface area (Å²) < 4.78 is 10.7. The van der Waals surface area contributed by atoms with Crippen molar-refractivity contribution >= 4 is 23.5 Å². The Hall–Kier alpha value is -2.34. The lowest BCUT2D eigenvalue weighted by molar-refractivity contribution is -0.120. The number of carbonyl (C=O) groups is 1. The molecular weight excluding hydrogens is 300 g/mol. The van der Waals surface area contributed by atoms with Crippen molar-refractivity contribution in [1.29, 1.82) is 0 Å². The van der Waals surface area contributed by atoms with Crippen LogP contribution in [-0.2, 0) is 11.2 Å². The van der Waals surface area contributed by atoms with E-state index in [1.54, 1.807) is 30.7 Å². The molecule has 5 nitrogen and oxygen atoms in total. The Balaban J connectivity index is 1.93. The number of ether oxygens (including phenoxy) is 2. The minimum Gasteiger partial charge on any atom is -0.493 e. The molecule has 0 radical (unpaired) electrons. The van der Waals surface area contributed by atoms with Crippen LogP contribution in [0.1, 0.15) is 17.4 Å². The van der Waals surface area contributed by atoms with Crippen molar-refractivity contribution in [2.75, 3.05) is 13.7 Å². The Morgan fingerprint density at radius 2 is 2.23 bits per heavy atom. The van der Waals surface area contributed by atoms with Crippen LogP contribution in [0.25, 0.3) is 0 Å². The molecule has 2 rings (SSSR count). The van der Waals surface area contributed by atoms with Gasteiger partial charge in [0.15, 0.2) is 11.5 Å². The number of nitrogens with zero attached hydrogens (tertiary/aromatic N) is 1. The first kappa shape index (κ1) is 16.0. The highest BCUT2D eigenvalue weighted by Crippen LogP contribution is 2.27. The fourth-order valence-electron chi connectivity index (χ4n) is 1.83. The maximum atomic E-state index is 11.7. The molecule has 0 aliphatic heterocycles. The van der Waals surface area contributed by atoms with Gasteiger partial charge in [0.1, 0.15) is 0 Å². The number of nitrogens with one attached hydrogen (secondary N) is 1. The van der Waals surface area contributed by atoms with Crippen molar-refractivity contribution < 1.29 is 14.3 Å². The number of thiophene rings is 1. The van der Waals surface area contributed by atoms with E-state index < -0.39 is 0 Å². The third-order valence-electron chi connectivity index (χ3n) is 2.81. The van der Waals surface area contributed by atoms with E-state index in [0.717, 1.165) is 10.4 Å². The molecular formula is C16H18N2O3S. The van der Waals surface area contributed by atoms with Gasteiger partial charge in [0.05, 0.1) is 26.4 Å². The first-order chi connectivity index (χ1) is 10.7. The molecule has 22 heavy (non-hydrogen) atoms. The van der Waals surface area contributed by atoms with Gasteiger partial charge in [-0.3, -0.25) is 4.79 Å². The molecule has 2 aromatic rings. The number of hydrogen-bond donors (Lipinski definition) is 1. The quantitative estimate of drug-likeness (QED) is 0.631. The van der Waals surface area contributed by atoms with Crippen LogP contribution in [-0.4, -0.2) is 25.8 Å². The van der Waals surface area contributed by atoms with Crippen molar-refractivity contribution in [1.82, 2.24) is 5.43 Å². The number of carbonyl (C=O) groups excluding carboxylic acids is 1. The predicted octanol–water partition coefficient (Wildman–Crippen LogP) is 2.85. The molecule has 0 saturated carbocycles. The van der Waals surface area contributed by atoms with Crippen molar-refractivity contribution in [3.63, 3.8) is 0 Å². The van der Waals surface area contributed by atoms with Gasteiger partial charge in [-0.05, 0) is 42.1 Å². The Kier molecular flexibility index (Phi) is 5.97. The summed E-state index contributed by atoms with van der Waals surface area (Å²) in [6.45, 7) is 2.49. The second-order valence-corrected chi connectivity index (χ2v) is 5.42. The molecule has 0 bridgehead atoms. The SMILES string of the molecule is CCOc1ccc(/C=N/NC(=O)Cc2cccs2)cc1OC. The average molecular weight is 318 g/mol. The lowest BCUT2D eigenvalue weighted by atomic mass is 10.2. The Morgan fingerprint density at radius 1 is 1.36 bits per heavy atom. The summed E-state index contributed by atoms with van der Waals surface area (Å²) in [4.78, 5) is 12.7. The molecule has 0 aliphatic carbocycles. The molecule has 0 fully saturated rings. The Bertz CT molecular complexity index is 639. The summed E-state index contributed by atoms with van der Waals surface area (Å²) in [5.41, 5.74) is 3.33. The second kappa shape index (κ2) is 8.19. The molecule has 0 spiro atoms. The van der Waals surface area contributed by atoms with Crippen LogP contribution < -0.4 is 14.9 Å². The van der Waals surface area contributed by atoms with Gasteiger partial charge < -0.3 is 9.47 Å². The summed E-state index contributed by atoms with van der Waals surface area (Å²) in [6.07, 6.45) is 1.91. The summed E-state index contributed by atoms with van der Waals surface area (Å²) in [5, 5.41) is 5.90. The standard InChI is InChI=1S/C16H18N2O3S/c1-3-21-14-7-6-12(9-15(14)20-2)11-17-18-16(19)10-13-5-4-8-22-13/h4-9,11H,3,10H2,1-2H3,(H,18,19)/b17-11+. The first-order valence-electron chi connectivity index (χ1n) is 6.88. The minimum atomic E-state index is -0.142. The van der Waals surface area contributed by atoms with Gasteiger partial charge >= 0.3 is 0 Å². The molecule has 1 amide bonds. The van der Waals surface area contributed by atoms with E-state index in [0.29, 0.717) is 24.5 Å². The van der Waals surface area contributed by atoms with Gasteiger partial charge in [-0.1, -0.05) is 6.07 Å². The average Bonchev–Trinajstić information content (AvgIpc) is 3.01. The normalized spacial score (nSPS) is 10.6. The van der Waals surface area contributed by atoms with Crippen LogP contribution in [0.15, 0.2) is 40.8 Å². The summed E-state index contributed by atoms with van der Waals surface area (Å²) in [5.74, 6) is 1.18. The molecule has 1 heterocycles. The lowest BCUT2D eigenvalue weighted by Crippen LogP contribution is -2.19. The molecule has 116 valence electrons. The van der Waals surface area contributed by atoms with E-state index in [-0.39, 0.29) is 5.91 Å². The number of benzene rings is 1. The van der Waals surface area contributed by atoms with Crippen LogP contribution in [0.4, 0.5) is 0 Å². The van der Waals surface area contributed by atoms with Crippen molar-refractivity contribution in [3.8, 4) is 11.5 Å². The molecule has 0 unspecified atom stereocenters. The lowest BCUT2D eigenvalue weighted by Gasteiger charge is -2.09. The third-order valence-corrected chi connectivity index (χ3v) is 3.68. The maximum Gasteiger partial charge on any atom is 0.245 e. The molecule has 0 saturated heterocycles. The molecule has 0 aliphatic rings. The van der Waals surface area contributed by atoms with Gasteiger partial charge in [0.25, 0.3) is 0 Å². The first-order valence-corrected chi connectivity index (χ1v) is 7.76. The van der Waals surface area contributed by atoms with E-state index in [4.69, 9.17) is 9.47 Å². The number of amides is 1. The summed E-state index contributed by atoms with van der Waals surface area (Å²) in [7, 11) is 1.58. The molecule has 0 atom stereocenters. The van der Waals surface area contributed by atoms with Crippen molar-refractivity contribution in [2.24, 2.45) is 5.10 Å². The van der Waals surface area contributed by atoms with E-state index in [1.165, 1.54) is 0 Å². The second-order valence-electron chi connectivity index (χ2n) is 4.39. The summed E-state index contributed by atoms with van der Waals surface area (Å²) in [6, 6.07) is 9.31. The maximum absolute atomic E-state index is 11.7. The zero-order chi connectivity index (χ0) is 15.8. The largest absolute Gasteiger partial charge is 0.493 e. The van der Waals surface area contributed by atoms with Gasteiger partial charge in [-0.25, -0.2) is 5.43 Å². The van der Waals surface area contributed by atoms with E-state index in [1.807, 2.05) is 36.6 Å². The minimum absolute atomic E-state index is 0.142. The highest BCUT2D eigenvalue weighted by molar-refractivity contribution is 7.10. The van der Waals surface area contributed by atoms with Crippen LogP contribution in [0.3, 0.4) is 0 Å². The number of methoxy groups -OCH3 is 1. The highest BCUT2D eigenvalue weighted by atomic mass is 32.1. The van der Waals surface area contributed by atoms with Crippen molar-refractivity contribution in [2.45, 2.75) is 13.3 Å². The fraction of sp³-hybridized carbons (Fsp3) is 0.250. The zero-order valence-corrected chi connectivity index (χ0v) is 13.4. The van der Waals surface area contributed by atoms with Gasteiger partial charge in [-0.15, -0.1) is 11.3 Å². The third kappa shape index (κ3) is 4.60. The Labute approximate surface area is 133 Å². The van der Waals surface area contributed by atoms with Crippen LogP contribution >= 0.6 is 11.3 Å². The smallest absolute Gasteiger partial charge is 0.245 e. The van der Waals surface area contributed by atoms with Crippen LogP contribution in [0.5, 0.6) is 11.5 Å². The fourth-order valence-corrected chi connectivity index (χ4v) is 2.53. The van der Waals surface area contributed by atoms with Gasteiger partial charge in [-0.2, -0.15) is 5.10 Å². The monoisotopic (exact) mass is 318 g/mol. The molecule has 6 heteroatoms. The van der Waals surface area contributed by atoms with Crippen LogP contribution in [0, 0.1) is 0 Å². The van der Waals surface area contributed by atoms with E-state index >= 15 is 0 Å². The highest BCUT2D eigenvalue weighted by Gasteiger charge is 2.05. The Morgan fingerprint density at radius 3 is 2.91 bits per heavy atom. The molecule has 1 aromatic heterocycles. The van der Waals surface area contributed by atoms with Crippen LogP contribution in [0.2, 0.25) is 0 Å². The number of rotatable bonds is 7. The summed E-state index contributed by atoms with van der Waals surface area (Å²) >= 11 is 1.55. The number of hydrogen-bond acceptors (Lipinski definition) is 5. The van der Waals surface area contributed by atoms with Gasteiger partial charge in [0.2, 0.25) is 5.91 Å². The number of hydrazone groups is 1. The predicted molar refractivity (Wildman–Crippen MR) is 87.9 cm³/mol. The van der Waals surface area contributed by atoms with Crippen molar-refractivity contribution in [3.05, 3.63) is 46.2 Å².